The van der Waals surface area contributed by atoms with E-state index in [0.29, 0.717) is 18.5 Å². The van der Waals surface area contributed by atoms with Crippen LogP contribution in [0.25, 0.3) is 0 Å². The third-order valence-electron chi connectivity index (χ3n) is 3.89. The fraction of sp³-hybridized carbons (Fsp3) is 0.588. The van der Waals surface area contributed by atoms with Crippen molar-refractivity contribution in [1.82, 2.24) is 4.90 Å². The number of hydrogen-bond acceptors (Lipinski definition) is 3. The summed E-state index contributed by atoms with van der Waals surface area (Å²) < 4.78 is 0. The van der Waals surface area contributed by atoms with Gasteiger partial charge in [0.05, 0.1) is 6.54 Å². The van der Waals surface area contributed by atoms with Gasteiger partial charge in [-0.1, -0.05) is 32.0 Å². The largest absolute Gasteiger partial charge is 0.328 e. The average Bonchev–Trinajstić information content (AvgIpc) is 2.41. The highest BCUT2D eigenvalue weighted by Crippen LogP contribution is 2.13. The van der Waals surface area contributed by atoms with Crippen LogP contribution in [0.4, 0.5) is 0 Å². The fourth-order valence-electron chi connectivity index (χ4n) is 2.75. The number of ketones is 1. The molecule has 0 radical (unpaired) electrons. The molecule has 0 amide bonds. The lowest BCUT2D eigenvalue weighted by atomic mass is 9.99. The van der Waals surface area contributed by atoms with Gasteiger partial charge in [-0.25, -0.2) is 0 Å². The van der Waals surface area contributed by atoms with Crippen molar-refractivity contribution in [1.29, 1.82) is 0 Å². The van der Waals surface area contributed by atoms with Crippen LogP contribution in [0.2, 0.25) is 0 Å². The first-order valence-corrected chi connectivity index (χ1v) is 7.64. The summed E-state index contributed by atoms with van der Waals surface area (Å²) in [6.07, 6.45) is 3.03. The SMILES string of the molecule is CC(C)Cc1cccc(C(=O)CN2CCC(N)CC2)c1. The van der Waals surface area contributed by atoms with Crippen LogP contribution in [0.3, 0.4) is 0 Å². The van der Waals surface area contributed by atoms with Crippen molar-refractivity contribution >= 4 is 5.78 Å². The van der Waals surface area contributed by atoms with E-state index in [0.717, 1.165) is 37.9 Å². The number of rotatable bonds is 5. The lowest BCUT2D eigenvalue weighted by Gasteiger charge is -2.29. The Hall–Kier alpha value is -1.19. The molecule has 3 heteroatoms. The van der Waals surface area contributed by atoms with Gasteiger partial charge in [0.25, 0.3) is 0 Å². The van der Waals surface area contributed by atoms with Gasteiger partial charge in [-0.15, -0.1) is 0 Å². The third-order valence-corrected chi connectivity index (χ3v) is 3.89. The summed E-state index contributed by atoms with van der Waals surface area (Å²) in [5, 5.41) is 0. The highest BCUT2D eigenvalue weighted by molar-refractivity contribution is 5.97. The zero-order valence-corrected chi connectivity index (χ0v) is 12.6. The maximum Gasteiger partial charge on any atom is 0.176 e. The topological polar surface area (TPSA) is 46.3 Å². The first-order valence-electron chi connectivity index (χ1n) is 7.64. The molecule has 0 spiro atoms. The lowest BCUT2D eigenvalue weighted by Crippen LogP contribution is -2.41. The van der Waals surface area contributed by atoms with Gasteiger partial charge in [-0.2, -0.15) is 0 Å². The normalized spacial score (nSPS) is 17.6. The summed E-state index contributed by atoms with van der Waals surface area (Å²) >= 11 is 0. The molecule has 0 aromatic heterocycles. The Bertz CT molecular complexity index is 448. The molecular weight excluding hydrogens is 248 g/mol. The number of carbonyl (C=O) groups excluding carboxylic acids is 1. The van der Waals surface area contributed by atoms with Crippen molar-refractivity contribution in [3.8, 4) is 0 Å². The number of Topliss-reactive ketones (excluding diaryl/α,β-unsaturated/α-hetero) is 1. The van der Waals surface area contributed by atoms with E-state index in [1.807, 2.05) is 12.1 Å². The molecule has 0 saturated carbocycles. The van der Waals surface area contributed by atoms with E-state index >= 15 is 0 Å². The van der Waals surface area contributed by atoms with E-state index in [9.17, 15) is 4.79 Å². The van der Waals surface area contributed by atoms with E-state index in [-0.39, 0.29) is 5.78 Å². The molecule has 1 aliphatic heterocycles. The minimum Gasteiger partial charge on any atom is -0.328 e. The molecule has 1 aromatic carbocycles. The Kier molecular flexibility index (Phi) is 5.32. The van der Waals surface area contributed by atoms with Gasteiger partial charge in [-0.05, 0) is 36.8 Å². The minimum absolute atomic E-state index is 0.228. The Morgan fingerprint density at radius 2 is 2.05 bits per heavy atom. The second-order valence-electron chi connectivity index (χ2n) is 6.34. The summed E-state index contributed by atoms with van der Waals surface area (Å²) in [6.45, 7) is 6.81. The molecule has 20 heavy (non-hydrogen) atoms. The summed E-state index contributed by atoms with van der Waals surface area (Å²) in [5.74, 6) is 0.843. The molecule has 1 heterocycles. The molecule has 0 unspecified atom stereocenters. The summed E-state index contributed by atoms with van der Waals surface area (Å²) in [6, 6.07) is 8.41. The molecule has 0 aliphatic carbocycles. The molecule has 110 valence electrons. The lowest BCUT2D eigenvalue weighted by molar-refractivity contribution is 0.0910. The number of carbonyl (C=O) groups is 1. The molecule has 1 fully saturated rings. The van der Waals surface area contributed by atoms with E-state index in [1.54, 1.807) is 0 Å². The minimum atomic E-state index is 0.228. The Labute approximate surface area is 122 Å². The molecular formula is C17H26N2O. The van der Waals surface area contributed by atoms with Gasteiger partial charge in [0.2, 0.25) is 0 Å². The zero-order valence-electron chi connectivity index (χ0n) is 12.6. The highest BCUT2D eigenvalue weighted by atomic mass is 16.1. The second-order valence-corrected chi connectivity index (χ2v) is 6.34. The molecule has 1 saturated heterocycles. The van der Waals surface area contributed by atoms with Crippen LogP contribution >= 0.6 is 0 Å². The maximum absolute atomic E-state index is 12.4. The van der Waals surface area contributed by atoms with Crippen molar-refractivity contribution in [3.63, 3.8) is 0 Å². The van der Waals surface area contributed by atoms with E-state index in [1.165, 1.54) is 5.56 Å². The third kappa shape index (κ3) is 4.43. The van der Waals surface area contributed by atoms with Crippen molar-refractivity contribution in [2.24, 2.45) is 11.7 Å². The van der Waals surface area contributed by atoms with Crippen LogP contribution in [0, 0.1) is 5.92 Å². The Balaban J connectivity index is 1.95. The van der Waals surface area contributed by atoms with E-state index < -0.39 is 0 Å². The van der Waals surface area contributed by atoms with Crippen molar-refractivity contribution in [3.05, 3.63) is 35.4 Å². The predicted molar refractivity (Wildman–Crippen MR) is 83.0 cm³/mol. The second kappa shape index (κ2) is 7.00. The van der Waals surface area contributed by atoms with Gasteiger partial charge < -0.3 is 5.73 Å². The Morgan fingerprint density at radius 3 is 2.70 bits per heavy atom. The van der Waals surface area contributed by atoms with Crippen molar-refractivity contribution in [2.75, 3.05) is 19.6 Å². The van der Waals surface area contributed by atoms with Crippen LogP contribution in [0.1, 0.15) is 42.6 Å². The van der Waals surface area contributed by atoms with E-state index in [4.69, 9.17) is 5.73 Å². The smallest absolute Gasteiger partial charge is 0.176 e. The summed E-state index contributed by atoms with van der Waals surface area (Å²) in [5.41, 5.74) is 7.99. The molecule has 3 nitrogen and oxygen atoms in total. The molecule has 0 atom stereocenters. The molecule has 1 aromatic rings. The number of piperidine rings is 1. The van der Waals surface area contributed by atoms with E-state index in [2.05, 4.69) is 30.9 Å². The van der Waals surface area contributed by atoms with Gasteiger partial charge in [-0.3, -0.25) is 9.69 Å². The number of hydrogen-bond donors (Lipinski definition) is 1. The predicted octanol–water partition coefficient (Wildman–Crippen LogP) is 2.49. The first-order chi connectivity index (χ1) is 9.54. The molecule has 0 bridgehead atoms. The van der Waals surface area contributed by atoms with Gasteiger partial charge in [0, 0.05) is 24.7 Å². The van der Waals surface area contributed by atoms with Crippen LogP contribution in [-0.4, -0.2) is 36.4 Å². The zero-order chi connectivity index (χ0) is 14.5. The Morgan fingerprint density at radius 1 is 1.35 bits per heavy atom. The van der Waals surface area contributed by atoms with Crippen LogP contribution < -0.4 is 5.73 Å². The van der Waals surface area contributed by atoms with Crippen molar-refractivity contribution in [2.45, 2.75) is 39.2 Å². The van der Waals surface area contributed by atoms with Crippen LogP contribution in [0.15, 0.2) is 24.3 Å². The molecule has 2 rings (SSSR count). The van der Waals surface area contributed by atoms with Gasteiger partial charge in [0.15, 0.2) is 5.78 Å². The number of benzene rings is 1. The highest BCUT2D eigenvalue weighted by Gasteiger charge is 2.19. The number of likely N-dealkylation sites (tertiary alicyclic amines) is 1. The summed E-state index contributed by atoms with van der Waals surface area (Å²) in [4.78, 5) is 14.6. The first kappa shape index (κ1) is 15.2. The van der Waals surface area contributed by atoms with Gasteiger partial charge >= 0.3 is 0 Å². The molecule has 1 aliphatic rings. The fourth-order valence-corrected chi connectivity index (χ4v) is 2.75. The van der Waals surface area contributed by atoms with Crippen LogP contribution in [-0.2, 0) is 6.42 Å². The van der Waals surface area contributed by atoms with Crippen molar-refractivity contribution < 1.29 is 4.79 Å². The summed E-state index contributed by atoms with van der Waals surface area (Å²) in [7, 11) is 0. The van der Waals surface area contributed by atoms with Gasteiger partial charge in [0.1, 0.15) is 0 Å². The standard InChI is InChI=1S/C17H26N2O/c1-13(2)10-14-4-3-5-15(11-14)17(20)12-19-8-6-16(18)7-9-19/h3-5,11,13,16H,6-10,12,18H2,1-2H3. The quantitative estimate of drug-likeness (QED) is 0.839. The van der Waals surface area contributed by atoms with Crippen LogP contribution in [0.5, 0.6) is 0 Å². The number of nitrogens with two attached hydrogens (primary N) is 1. The average molecular weight is 274 g/mol. The molecule has 2 N–H and O–H groups in total. The maximum atomic E-state index is 12.4. The monoisotopic (exact) mass is 274 g/mol. The number of nitrogens with zero attached hydrogens (tertiary/aromatic N) is 1.